The second kappa shape index (κ2) is 7.83. The predicted molar refractivity (Wildman–Crippen MR) is 91.8 cm³/mol. The highest BCUT2D eigenvalue weighted by atomic mass is 32.1. The van der Waals surface area contributed by atoms with Crippen molar-refractivity contribution < 1.29 is 19.1 Å². The molecule has 7 heteroatoms. The zero-order chi connectivity index (χ0) is 17.7. The third-order valence-electron chi connectivity index (χ3n) is 3.14. The summed E-state index contributed by atoms with van der Waals surface area (Å²) in [5.41, 5.74) is 0.728. The molecule has 2 rings (SSSR count). The lowest BCUT2D eigenvalue weighted by atomic mass is 10.1. The number of carbonyl (C=O) groups excluding carboxylic acids is 3. The van der Waals surface area contributed by atoms with Crippen LogP contribution in [0.25, 0.3) is 0 Å². The summed E-state index contributed by atoms with van der Waals surface area (Å²) in [5.74, 6) is -0.792. The smallest absolute Gasteiger partial charge is 0.355 e. The Morgan fingerprint density at radius 3 is 2.62 bits per heavy atom. The number of hydrogen-bond acceptors (Lipinski definition) is 6. The van der Waals surface area contributed by atoms with Gasteiger partial charge in [0.2, 0.25) is 5.91 Å². The molecule has 1 aromatic carbocycles. The first-order chi connectivity index (χ1) is 11.4. The fraction of sp³-hybridized carbons (Fsp3) is 0.294. The number of anilines is 1. The van der Waals surface area contributed by atoms with Crippen molar-refractivity contribution in [3.63, 3.8) is 0 Å². The second-order valence-electron chi connectivity index (χ2n) is 5.20. The van der Waals surface area contributed by atoms with E-state index < -0.39 is 5.97 Å². The van der Waals surface area contributed by atoms with Gasteiger partial charge >= 0.3 is 5.97 Å². The number of esters is 1. The lowest BCUT2D eigenvalue weighted by molar-refractivity contribution is -0.116. The quantitative estimate of drug-likeness (QED) is 0.490. The maximum Gasteiger partial charge on any atom is 0.355 e. The molecule has 1 N–H and O–H groups in total. The van der Waals surface area contributed by atoms with Crippen molar-refractivity contribution in [3.05, 3.63) is 39.8 Å². The first-order valence-electron chi connectivity index (χ1n) is 7.50. The largest absolute Gasteiger partial charge is 0.422 e. The van der Waals surface area contributed by atoms with E-state index >= 15 is 0 Å². The van der Waals surface area contributed by atoms with Gasteiger partial charge in [0.15, 0.2) is 5.78 Å². The zero-order valence-corrected chi connectivity index (χ0v) is 14.5. The number of nitrogens with one attached hydrogen (secondary N) is 1. The van der Waals surface area contributed by atoms with Crippen LogP contribution < -0.4 is 10.1 Å². The van der Waals surface area contributed by atoms with Gasteiger partial charge in [-0.2, -0.15) is 0 Å². The molecular weight excluding hydrogens is 328 g/mol. The number of nitrogens with zero attached hydrogens (tertiary/aromatic N) is 1. The average Bonchev–Trinajstić information content (AvgIpc) is 2.95. The highest BCUT2D eigenvalue weighted by Gasteiger charge is 2.17. The monoisotopic (exact) mass is 346 g/mol. The van der Waals surface area contributed by atoms with E-state index in [9.17, 15) is 14.4 Å². The topological polar surface area (TPSA) is 85.4 Å². The molecule has 1 amide bonds. The van der Waals surface area contributed by atoms with E-state index in [0.29, 0.717) is 17.0 Å². The van der Waals surface area contributed by atoms with E-state index in [1.54, 1.807) is 13.0 Å². The summed E-state index contributed by atoms with van der Waals surface area (Å²) >= 11 is 1.22. The number of Topliss-reactive ketones (excluding diaryl/α,β-unsaturated/α-hetero) is 1. The van der Waals surface area contributed by atoms with Crippen molar-refractivity contribution in [3.8, 4) is 5.75 Å². The van der Waals surface area contributed by atoms with E-state index in [2.05, 4.69) is 10.3 Å². The van der Waals surface area contributed by atoms with E-state index in [4.69, 9.17) is 4.74 Å². The molecule has 0 aliphatic rings. The van der Waals surface area contributed by atoms with Gasteiger partial charge in [-0.15, -0.1) is 11.3 Å². The molecule has 0 atom stereocenters. The Bertz CT molecular complexity index is 783. The van der Waals surface area contributed by atoms with Gasteiger partial charge < -0.3 is 10.1 Å². The molecule has 0 radical (unpaired) electrons. The minimum absolute atomic E-state index is 0.128. The minimum Gasteiger partial charge on any atom is -0.422 e. The van der Waals surface area contributed by atoms with Crippen LogP contribution in [-0.4, -0.2) is 22.6 Å². The van der Waals surface area contributed by atoms with Gasteiger partial charge in [-0.25, -0.2) is 9.78 Å². The van der Waals surface area contributed by atoms with Crippen LogP contribution in [0, 0.1) is 6.92 Å². The maximum atomic E-state index is 12.1. The lowest BCUT2D eigenvalue weighted by Crippen LogP contribution is -2.13. The summed E-state index contributed by atoms with van der Waals surface area (Å²) in [6.07, 6.45) is 2.57. The highest BCUT2D eigenvalue weighted by molar-refractivity contribution is 7.13. The van der Waals surface area contributed by atoms with Gasteiger partial charge in [0.05, 0.1) is 16.8 Å². The van der Waals surface area contributed by atoms with Crippen LogP contribution in [0.3, 0.4) is 0 Å². The van der Waals surface area contributed by atoms with Crippen LogP contribution in [-0.2, 0) is 4.79 Å². The van der Waals surface area contributed by atoms with Gasteiger partial charge in [0.1, 0.15) is 10.6 Å². The summed E-state index contributed by atoms with van der Waals surface area (Å²) < 4.78 is 5.31. The van der Waals surface area contributed by atoms with E-state index in [1.807, 2.05) is 6.92 Å². The second-order valence-corrected chi connectivity index (χ2v) is 6.43. The van der Waals surface area contributed by atoms with Crippen LogP contribution in [0.5, 0.6) is 5.75 Å². The van der Waals surface area contributed by atoms with E-state index in [0.717, 1.165) is 11.4 Å². The van der Waals surface area contributed by atoms with Crippen LogP contribution in [0.1, 0.15) is 51.7 Å². The Kier molecular flexibility index (Phi) is 5.81. The summed E-state index contributed by atoms with van der Waals surface area (Å²) in [7, 11) is 0. The fourth-order valence-electron chi connectivity index (χ4n) is 2.03. The third-order valence-corrected chi connectivity index (χ3v) is 4.04. The Morgan fingerprint density at radius 2 is 2.04 bits per heavy atom. The Morgan fingerprint density at radius 1 is 1.29 bits per heavy atom. The van der Waals surface area contributed by atoms with Crippen molar-refractivity contribution in [2.24, 2.45) is 0 Å². The van der Waals surface area contributed by atoms with Crippen molar-refractivity contribution in [2.75, 3.05) is 5.32 Å². The molecule has 6 nitrogen and oxygen atoms in total. The first-order valence-corrected chi connectivity index (χ1v) is 8.31. The third kappa shape index (κ3) is 4.48. The SMILES string of the molecule is CCCC(=O)Nc1ccc(OC(=O)c2cnc(C)s2)c(C(C)=O)c1. The number of amides is 1. The van der Waals surface area contributed by atoms with Gasteiger partial charge in [-0.1, -0.05) is 6.92 Å². The van der Waals surface area contributed by atoms with Crippen molar-refractivity contribution in [2.45, 2.75) is 33.6 Å². The molecule has 1 aromatic heterocycles. The normalized spacial score (nSPS) is 10.3. The Hall–Kier alpha value is -2.54. The zero-order valence-electron chi connectivity index (χ0n) is 13.7. The lowest BCUT2D eigenvalue weighted by Gasteiger charge is -2.10. The molecule has 0 saturated heterocycles. The fourth-order valence-corrected chi connectivity index (χ4v) is 2.68. The number of rotatable bonds is 6. The Balaban J connectivity index is 2.22. The molecule has 0 bridgehead atoms. The van der Waals surface area contributed by atoms with Crippen LogP contribution in [0.15, 0.2) is 24.4 Å². The summed E-state index contributed by atoms with van der Waals surface area (Å²) in [4.78, 5) is 40.0. The van der Waals surface area contributed by atoms with Crippen LogP contribution >= 0.6 is 11.3 Å². The van der Waals surface area contributed by atoms with Crippen molar-refractivity contribution in [1.29, 1.82) is 0 Å². The molecule has 0 unspecified atom stereocenters. The van der Waals surface area contributed by atoms with Crippen LogP contribution in [0.4, 0.5) is 5.69 Å². The molecule has 2 aromatic rings. The van der Waals surface area contributed by atoms with Gasteiger partial charge in [-0.3, -0.25) is 9.59 Å². The van der Waals surface area contributed by atoms with Gasteiger partial charge in [0, 0.05) is 12.1 Å². The summed E-state index contributed by atoms with van der Waals surface area (Å²) in [6.45, 7) is 5.07. The molecule has 0 saturated carbocycles. The first kappa shape index (κ1) is 17.8. The molecule has 126 valence electrons. The molecule has 1 heterocycles. The van der Waals surface area contributed by atoms with E-state index in [1.165, 1.54) is 36.6 Å². The molecule has 0 aliphatic heterocycles. The summed E-state index contributed by atoms with van der Waals surface area (Å²) in [6, 6.07) is 4.61. The number of aromatic nitrogens is 1. The standard InChI is InChI=1S/C17H18N2O4S/c1-4-5-16(21)19-12-6-7-14(13(8-12)10(2)20)23-17(22)15-9-18-11(3)24-15/h6-9H,4-5H2,1-3H3,(H,19,21). The predicted octanol–water partition coefficient (Wildman–Crippen LogP) is 3.61. The molecule has 0 spiro atoms. The number of thiazole rings is 1. The van der Waals surface area contributed by atoms with Gasteiger partial charge in [0.25, 0.3) is 0 Å². The molecule has 24 heavy (non-hydrogen) atoms. The molecule has 0 fully saturated rings. The number of aryl methyl sites for hydroxylation is 1. The van der Waals surface area contributed by atoms with Crippen molar-refractivity contribution in [1.82, 2.24) is 4.98 Å². The van der Waals surface area contributed by atoms with E-state index in [-0.39, 0.29) is 23.0 Å². The number of ketones is 1. The highest BCUT2D eigenvalue weighted by Crippen LogP contribution is 2.25. The van der Waals surface area contributed by atoms with Gasteiger partial charge in [-0.05, 0) is 38.5 Å². The summed E-state index contributed by atoms with van der Waals surface area (Å²) in [5, 5.41) is 3.47. The van der Waals surface area contributed by atoms with Crippen molar-refractivity contribution >= 4 is 34.7 Å². The molecular formula is C17H18N2O4S. The number of benzene rings is 1. The Labute approximate surface area is 143 Å². The average molecular weight is 346 g/mol. The number of ether oxygens (including phenoxy) is 1. The number of carbonyl (C=O) groups is 3. The minimum atomic E-state index is -0.564. The molecule has 0 aliphatic carbocycles. The maximum absolute atomic E-state index is 12.1. The number of hydrogen-bond donors (Lipinski definition) is 1. The van der Waals surface area contributed by atoms with Crippen LogP contribution in [0.2, 0.25) is 0 Å².